The van der Waals surface area contributed by atoms with E-state index in [0.717, 1.165) is 11.3 Å². The highest BCUT2D eigenvalue weighted by Crippen LogP contribution is 2.22. The molecular weight excluding hydrogens is 262 g/mol. The predicted molar refractivity (Wildman–Crippen MR) is 73.1 cm³/mol. The van der Waals surface area contributed by atoms with E-state index in [2.05, 4.69) is 5.32 Å². The van der Waals surface area contributed by atoms with Gasteiger partial charge in [0.2, 0.25) is 0 Å². The molecule has 1 rings (SSSR count). The van der Waals surface area contributed by atoms with Gasteiger partial charge in [0.15, 0.2) is 6.61 Å². The number of rotatable bonds is 7. The van der Waals surface area contributed by atoms with E-state index in [0.29, 0.717) is 5.75 Å². The minimum Gasteiger partial charge on any atom is -0.496 e. The third-order valence-electron chi connectivity index (χ3n) is 2.62. The summed E-state index contributed by atoms with van der Waals surface area (Å²) in [4.78, 5) is 22.0. The summed E-state index contributed by atoms with van der Waals surface area (Å²) in [5, 5.41) is 11.1. The molecule has 0 aliphatic rings. The Kier molecular flexibility index (Phi) is 5.83. The summed E-state index contributed by atoms with van der Waals surface area (Å²) in [5.74, 6) is -0.00191. The molecule has 110 valence electrons. The van der Waals surface area contributed by atoms with Gasteiger partial charge in [-0.15, -0.1) is 0 Å². The Bertz CT molecular complexity index is 486. The molecular formula is C14H19NO5. The Balaban J connectivity index is 2.44. The van der Waals surface area contributed by atoms with Crippen LogP contribution in [0, 0.1) is 6.92 Å². The SMILES string of the molecule is COc1ccc(OCC(=O)NC(C)CC(=O)O)cc1C. The number of carbonyl (C=O) groups excluding carboxylic acids is 1. The van der Waals surface area contributed by atoms with E-state index in [1.54, 1.807) is 32.2 Å². The Morgan fingerprint density at radius 2 is 2.10 bits per heavy atom. The number of carboxylic acids is 1. The van der Waals surface area contributed by atoms with Crippen LogP contribution in [0.25, 0.3) is 0 Å². The Morgan fingerprint density at radius 3 is 2.65 bits per heavy atom. The molecule has 0 fully saturated rings. The van der Waals surface area contributed by atoms with Gasteiger partial charge in [-0.05, 0) is 37.6 Å². The number of carboxylic acid groups (broad SMARTS) is 1. The fraction of sp³-hybridized carbons (Fsp3) is 0.429. The molecule has 1 amide bonds. The molecule has 6 nitrogen and oxygen atoms in total. The highest BCUT2D eigenvalue weighted by Gasteiger charge is 2.11. The monoisotopic (exact) mass is 281 g/mol. The fourth-order valence-electron chi connectivity index (χ4n) is 1.72. The van der Waals surface area contributed by atoms with Crippen LogP contribution in [-0.4, -0.2) is 36.7 Å². The van der Waals surface area contributed by atoms with Crippen molar-refractivity contribution in [1.82, 2.24) is 5.32 Å². The van der Waals surface area contributed by atoms with Crippen LogP contribution in [0.15, 0.2) is 18.2 Å². The van der Waals surface area contributed by atoms with Crippen molar-refractivity contribution in [3.05, 3.63) is 23.8 Å². The number of nitrogens with one attached hydrogen (secondary N) is 1. The maximum atomic E-state index is 11.6. The Labute approximate surface area is 117 Å². The van der Waals surface area contributed by atoms with Crippen LogP contribution in [-0.2, 0) is 9.59 Å². The molecule has 0 radical (unpaired) electrons. The van der Waals surface area contributed by atoms with Crippen molar-refractivity contribution in [3.8, 4) is 11.5 Å². The first kappa shape index (κ1) is 15.8. The van der Waals surface area contributed by atoms with Gasteiger partial charge in [-0.2, -0.15) is 0 Å². The molecule has 1 atom stereocenters. The number of hydrogen-bond donors (Lipinski definition) is 2. The number of ether oxygens (including phenoxy) is 2. The fourth-order valence-corrected chi connectivity index (χ4v) is 1.72. The maximum Gasteiger partial charge on any atom is 0.305 e. The molecule has 0 spiro atoms. The summed E-state index contributed by atoms with van der Waals surface area (Å²) in [6.07, 6.45) is -0.118. The minimum absolute atomic E-state index is 0.118. The van der Waals surface area contributed by atoms with Crippen molar-refractivity contribution in [2.24, 2.45) is 0 Å². The van der Waals surface area contributed by atoms with Crippen molar-refractivity contribution in [1.29, 1.82) is 0 Å². The summed E-state index contributed by atoms with van der Waals surface area (Å²) >= 11 is 0. The number of hydrogen-bond acceptors (Lipinski definition) is 4. The van der Waals surface area contributed by atoms with Gasteiger partial charge < -0.3 is 19.9 Å². The van der Waals surface area contributed by atoms with Gasteiger partial charge in [0.1, 0.15) is 11.5 Å². The zero-order chi connectivity index (χ0) is 15.1. The Hall–Kier alpha value is -2.24. The van der Waals surface area contributed by atoms with Crippen LogP contribution in [0.4, 0.5) is 0 Å². The first-order valence-corrected chi connectivity index (χ1v) is 6.21. The van der Waals surface area contributed by atoms with Crippen molar-refractivity contribution in [2.45, 2.75) is 26.3 Å². The average molecular weight is 281 g/mol. The Morgan fingerprint density at radius 1 is 1.40 bits per heavy atom. The normalized spacial score (nSPS) is 11.6. The second-order valence-electron chi connectivity index (χ2n) is 4.49. The second-order valence-corrected chi connectivity index (χ2v) is 4.49. The van der Waals surface area contributed by atoms with E-state index in [1.165, 1.54) is 0 Å². The molecule has 0 aromatic heterocycles. The van der Waals surface area contributed by atoms with Gasteiger partial charge in [0.25, 0.3) is 5.91 Å². The van der Waals surface area contributed by atoms with Gasteiger partial charge in [-0.25, -0.2) is 0 Å². The predicted octanol–water partition coefficient (Wildman–Crippen LogP) is 1.36. The second kappa shape index (κ2) is 7.37. The van der Waals surface area contributed by atoms with Gasteiger partial charge in [0, 0.05) is 6.04 Å². The number of methoxy groups -OCH3 is 1. The topological polar surface area (TPSA) is 84.9 Å². The van der Waals surface area contributed by atoms with Gasteiger partial charge in [-0.3, -0.25) is 9.59 Å². The van der Waals surface area contributed by atoms with Crippen LogP contribution in [0.3, 0.4) is 0 Å². The lowest BCUT2D eigenvalue weighted by Crippen LogP contribution is -2.37. The van der Waals surface area contributed by atoms with Gasteiger partial charge in [-0.1, -0.05) is 0 Å². The van der Waals surface area contributed by atoms with E-state index in [4.69, 9.17) is 14.6 Å². The molecule has 0 bridgehead atoms. The first-order chi connectivity index (χ1) is 9.42. The zero-order valence-corrected chi connectivity index (χ0v) is 11.8. The summed E-state index contributed by atoms with van der Waals surface area (Å²) in [5.41, 5.74) is 0.907. The van der Waals surface area contributed by atoms with Gasteiger partial charge in [0.05, 0.1) is 13.5 Å². The van der Waals surface area contributed by atoms with Crippen LogP contribution in [0.2, 0.25) is 0 Å². The third kappa shape index (κ3) is 5.17. The van der Waals surface area contributed by atoms with Crippen LogP contribution >= 0.6 is 0 Å². The first-order valence-electron chi connectivity index (χ1n) is 6.21. The van der Waals surface area contributed by atoms with E-state index >= 15 is 0 Å². The third-order valence-corrected chi connectivity index (χ3v) is 2.62. The minimum atomic E-state index is -0.954. The number of carbonyl (C=O) groups is 2. The largest absolute Gasteiger partial charge is 0.496 e. The van der Waals surface area contributed by atoms with E-state index in [9.17, 15) is 9.59 Å². The van der Waals surface area contributed by atoms with Crippen LogP contribution in [0.1, 0.15) is 18.9 Å². The number of benzene rings is 1. The van der Waals surface area contributed by atoms with Crippen LogP contribution in [0.5, 0.6) is 11.5 Å². The quantitative estimate of drug-likeness (QED) is 0.788. The van der Waals surface area contributed by atoms with Gasteiger partial charge >= 0.3 is 5.97 Å². The van der Waals surface area contributed by atoms with E-state index < -0.39 is 12.0 Å². The number of amides is 1. The molecule has 1 aromatic carbocycles. The lowest BCUT2D eigenvalue weighted by molar-refractivity contribution is -0.137. The molecule has 0 heterocycles. The molecule has 0 saturated heterocycles. The molecule has 2 N–H and O–H groups in total. The molecule has 1 aromatic rings. The van der Waals surface area contributed by atoms with Crippen LogP contribution < -0.4 is 14.8 Å². The highest BCUT2D eigenvalue weighted by atomic mass is 16.5. The van der Waals surface area contributed by atoms with E-state index in [-0.39, 0.29) is 18.9 Å². The summed E-state index contributed by atoms with van der Waals surface area (Å²) < 4.78 is 10.5. The lowest BCUT2D eigenvalue weighted by atomic mass is 10.2. The molecule has 20 heavy (non-hydrogen) atoms. The number of aliphatic carboxylic acids is 1. The molecule has 6 heteroatoms. The lowest BCUT2D eigenvalue weighted by Gasteiger charge is -2.13. The average Bonchev–Trinajstić information content (AvgIpc) is 2.35. The summed E-state index contributed by atoms with van der Waals surface area (Å²) in [6, 6.07) is 4.81. The zero-order valence-electron chi connectivity index (χ0n) is 11.8. The van der Waals surface area contributed by atoms with Crippen molar-refractivity contribution < 1.29 is 24.2 Å². The summed E-state index contributed by atoms with van der Waals surface area (Å²) in [6.45, 7) is 3.35. The van der Waals surface area contributed by atoms with Crippen molar-refractivity contribution in [2.75, 3.05) is 13.7 Å². The van der Waals surface area contributed by atoms with E-state index in [1.807, 2.05) is 6.92 Å². The molecule has 1 unspecified atom stereocenters. The maximum absolute atomic E-state index is 11.6. The highest BCUT2D eigenvalue weighted by molar-refractivity contribution is 5.78. The number of aryl methyl sites for hydroxylation is 1. The molecule has 0 aliphatic carbocycles. The van der Waals surface area contributed by atoms with Crippen molar-refractivity contribution in [3.63, 3.8) is 0 Å². The van der Waals surface area contributed by atoms with Crippen molar-refractivity contribution >= 4 is 11.9 Å². The summed E-state index contributed by atoms with van der Waals surface area (Å²) in [7, 11) is 1.58. The molecule has 0 saturated carbocycles. The molecule has 0 aliphatic heterocycles. The standard InChI is InChI=1S/C14H19NO5/c1-9-6-11(4-5-12(9)19-3)20-8-13(16)15-10(2)7-14(17)18/h4-6,10H,7-8H2,1-3H3,(H,15,16)(H,17,18). The smallest absolute Gasteiger partial charge is 0.305 e.